The molecule has 31 heavy (non-hydrogen) atoms. The van der Waals surface area contributed by atoms with Crippen molar-refractivity contribution in [2.45, 2.75) is 38.5 Å². The highest BCUT2D eigenvalue weighted by atomic mass is 19.1. The lowest BCUT2D eigenvalue weighted by Gasteiger charge is -2.32. The monoisotopic (exact) mass is 428 g/mol. The van der Waals surface area contributed by atoms with Crippen LogP contribution in [0.4, 0.5) is 8.78 Å². The van der Waals surface area contributed by atoms with Crippen LogP contribution in [0, 0.1) is 17.6 Å². The molecule has 9 heteroatoms. The average molecular weight is 428 g/mol. The average Bonchev–Trinajstić information content (AvgIpc) is 3.17. The van der Waals surface area contributed by atoms with Gasteiger partial charge in [-0.25, -0.2) is 18.7 Å². The summed E-state index contributed by atoms with van der Waals surface area (Å²) in [5, 5.41) is 8.77. The molecule has 1 saturated heterocycles. The maximum Gasteiger partial charge on any atom is 0.303 e. The summed E-state index contributed by atoms with van der Waals surface area (Å²) in [5.74, 6) is -1.83. The van der Waals surface area contributed by atoms with Gasteiger partial charge in [-0.3, -0.25) is 14.6 Å². The Morgan fingerprint density at radius 2 is 2.03 bits per heavy atom. The Kier molecular flexibility index (Phi) is 6.01. The van der Waals surface area contributed by atoms with E-state index < -0.39 is 17.6 Å². The molecule has 0 saturated carbocycles. The Morgan fingerprint density at radius 3 is 2.84 bits per heavy atom. The normalized spacial score (nSPS) is 17.9. The number of pyridine rings is 1. The quantitative estimate of drug-likeness (QED) is 0.760. The van der Waals surface area contributed by atoms with Crippen LogP contribution >= 0.6 is 0 Å². The number of likely N-dealkylation sites (tertiary alicyclic amines) is 1. The van der Waals surface area contributed by atoms with Crippen molar-refractivity contribution in [3.8, 4) is 0 Å². The highest BCUT2D eigenvalue weighted by molar-refractivity contribution is 5.81. The third-order valence-electron chi connectivity index (χ3n) is 5.69. The van der Waals surface area contributed by atoms with E-state index in [1.54, 1.807) is 4.90 Å². The third-order valence-corrected chi connectivity index (χ3v) is 5.69. The fourth-order valence-electron chi connectivity index (χ4n) is 4.16. The number of hydrogen-bond acceptors (Lipinski definition) is 5. The molecule has 7 nitrogen and oxygen atoms in total. The first kappa shape index (κ1) is 21.0. The first-order chi connectivity index (χ1) is 14.9. The number of carboxylic acids is 1. The summed E-state index contributed by atoms with van der Waals surface area (Å²) < 4.78 is 28.1. The summed E-state index contributed by atoms with van der Waals surface area (Å²) in [6.45, 7) is 1.02. The van der Waals surface area contributed by atoms with Gasteiger partial charge >= 0.3 is 5.97 Å². The van der Waals surface area contributed by atoms with Crippen molar-refractivity contribution in [3.63, 3.8) is 0 Å². The number of hydrogen-bond donors (Lipinski definition) is 1. The van der Waals surface area contributed by atoms with Gasteiger partial charge in [-0.15, -0.1) is 0 Å². The van der Waals surface area contributed by atoms with E-state index in [4.69, 9.17) is 5.11 Å². The van der Waals surface area contributed by atoms with E-state index in [0.29, 0.717) is 42.9 Å². The van der Waals surface area contributed by atoms with Crippen LogP contribution in [-0.2, 0) is 22.4 Å². The first-order valence-corrected chi connectivity index (χ1v) is 10.3. The molecule has 0 bridgehead atoms. The number of nitrogens with zero attached hydrogens (tertiary/aromatic N) is 4. The number of aliphatic carboxylic acids is 1. The predicted molar refractivity (Wildman–Crippen MR) is 107 cm³/mol. The molecule has 1 fully saturated rings. The third kappa shape index (κ3) is 4.76. The Balaban J connectivity index is 1.48. The van der Waals surface area contributed by atoms with Crippen molar-refractivity contribution in [2.75, 3.05) is 13.1 Å². The van der Waals surface area contributed by atoms with Gasteiger partial charge in [0.2, 0.25) is 5.91 Å². The van der Waals surface area contributed by atoms with Gasteiger partial charge in [0, 0.05) is 37.1 Å². The molecule has 1 aliphatic carbocycles. The van der Waals surface area contributed by atoms with E-state index in [-0.39, 0.29) is 30.4 Å². The Bertz CT molecular complexity index is 1060. The summed E-state index contributed by atoms with van der Waals surface area (Å²) in [4.78, 5) is 37.2. The Labute approximate surface area is 177 Å². The minimum Gasteiger partial charge on any atom is -0.481 e. The van der Waals surface area contributed by atoms with E-state index in [9.17, 15) is 18.4 Å². The summed E-state index contributed by atoms with van der Waals surface area (Å²) in [7, 11) is 0. The summed E-state index contributed by atoms with van der Waals surface area (Å²) >= 11 is 0. The van der Waals surface area contributed by atoms with Crippen LogP contribution in [0.15, 0.2) is 24.5 Å². The number of piperidine rings is 1. The molecule has 1 atom stereocenters. The van der Waals surface area contributed by atoms with E-state index in [0.717, 1.165) is 24.7 Å². The lowest BCUT2D eigenvalue weighted by Crippen LogP contribution is -2.40. The smallest absolute Gasteiger partial charge is 0.303 e. The molecule has 4 rings (SSSR count). The fraction of sp³-hybridized carbons (Fsp3) is 0.409. The molecular weight excluding hydrogens is 406 g/mol. The predicted octanol–water partition coefficient (Wildman–Crippen LogP) is 2.78. The molecule has 1 amide bonds. The number of amides is 1. The Morgan fingerprint density at radius 1 is 1.19 bits per heavy atom. The SMILES string of the molecule is O=C(O)CCC(=O)N1CCC[C@H](Cc2nc(C3=CCc4ncc(F)cc43)ncc2F)C1. The highest BCUT2D eigenvalue weighted by Gasteiger charge is 2.26. The summed E-state index contributed by atoms with van der Waals surface area (Å²) in [6.07, 6.45) is 6.39. The maximum absolute atomic E-state index is 14.5. The van der Waals surface area contributed by atoms with Gasteiger partial charge < -0.3 is 10.0 Å². The van der Waals surface area contributed by atoms with Gasteiger partial charge in [-0.1, -0.05) is 6.08 Å². The number of halogens is 2. The van der Waals surface area contributed by atoms with Gasteiger partial charge in [-0.2, -0.15) is 0 Å². The molecule has 2 aromatic rings. The Hall–Kier alpha value is -3.23. The van der Waals surface area contributed by atoms with E-state index >= 15 is 0 Å². The molecule has 1 aliphatic heterocycles. The van der Waals surface area contributed by atoms with Gasteiger partial charge in [0.05, 0.1) is 30.2 Å². The second kappa shape index (κ2) is 8.87. The zero-order valence-electron chi connectivity index (χ0n) is 16.9. The molecule has 0 radical (unpaired) electrons. The molecule has 0 aromatic carbocycles. The lowest BCUT2D eigenvalue weighted by molar-refractivity contribution is -0.141. The standard InChI is InChI=1S/C22H22F2N4O3/c23-14-9-16-15(3-4-18(16)25-10-14)22-26-11-17(24)19(27-22)8-13-2-1-7-28(12-13)20(29)5-6-21(30)31/h3,9-11,13H,1-2,4-8,12H2,(H,30,31)/t13-/m1/s1. The highest BCUT2D eigenvalue weighted by Crippen LogP contribution is 2.31. The maximum atomic E-state index is 14.5. The summed E-state index contributed by atoms with van der Waals surface area (Å²) in [5.41, 5.74) is 2.24. The molecule has 2 aliphatic rings. The van der Waals surface area contributed by atoms with Crippen molar-refractivity contribution in [3.05, 3.63) is 58.9 Å². The topological polar surface area (TPSA) is 96.3 Å². The summed E-state index contributed by atoms with van der Waals surface area (Å²) in [6, 6.07) is 1.38. The second-order valence-electron chi connectivity index (χ2n) is 7.90. The van der Waals surface area contributed by atoms with Crippen molar-refractivity contribution >= 4 is 17.4 Å². The van der Waals surface area contributed by atoms with Crippen LogP contribution in [0.5, 0.6) is 0 Å². The van der Waals surface area contributed by atoms with Crippen molar-refractivity contribution < 1.29 is 23.5 Å². The van der Waals surface area contributed by atoms with Crippen molar-refractivity contribution in [2.24, 2.45) is 5.92 Å². The second-order valence-corrected chi connectivity index (χ2v) is 7.90. The number of allylic oxidation sites excluding steroid dienone is 1. The molecule has 2 aromatic heterocycles. The minimum atomic E-state index is -1.00. The van der Waals surface area contributed by atoms with E-state index in [1.165, 1.54) is 12.3 Å². The fourth-order valence-corrected chi connectivity index (χ4v) is 4.16. The van der Waals surface area contributed by atoms with Gasteiger partial charge in [0.1, 0.15) is 5.82 Å². The van der Waals surface area contributed by atoms with E-state index in [1.807, 2.05) is 6.08 Å². The molecule has 0 unspecified atom stereocenters. The lowest BCUT2D eigenvalue weighted by atomic mass is 9.92. The van der Waals surface area contributed by atoms with Gasteiger partial charge in [0.25, 0.3) is 0 Å². The zero-order valence-corrected chi connectivity index (χ0v) is 16.9. The van der Waals surface area contributed by atoms with Gasteiger partial charge in [0.15, 0.2) is 11.6 Å². The van der Waals surface area contributed by atoms with Crippen molar-refractivity contribution in [1.29, 1.82) is 0 Å². The van der Waals surface area contributed by atoms with Crippen LogP contribution in [-0.4, -0.2) is 49.9 Å². The first-order valence-electron chi connectivity index (χ1n) is 10.3. The molecule has 3 heterocycles. The number of carbonyl (C=O) groups excluding carboxylic acids is 1. The van der Waals surface area contributed by atoms with Crippen LogP contribution in [0.25, 0.3) is 5.57 Å². The van der Waals surface area contributed by atoms with Gasteiger partial charge in [-0.05, 0) is 31.2 Å². The molecule has 0 spiro atoms. The molecular formula is C22H22F2N4O3. The van der Waals surface area contributed by atoms with E-state index in [2.05, 4.69) is 15.0 Å². The molecule has 1 N–H and O–H groups in total. The number of rotatable bonds is 6. The number of fused-ring (bicyclic) bond motifs is 1. The zero-order chi connectivity index (χ0) is 22.0. The van der Waals surface area contributed by atoms with Crippen molar-refractivity contribution in [1.82, 2.24) is 19.9 Å². The number of carbonyl (C=O) groups is 2. The van der Waals surface area contributed by atoms with Crippen LogP contribution in [0.3, 0.4) is 0 Å². The number of carboxylic acid groups (broad SMARTS) is 1. The molecule has 162 valence electrons. The van der Waals surface area contributed by atoms with Crippen LogP contribution in [0.2, 0.25) is 0 Å². The number of aromatic nitrogens is 3. The van der Waals surface area contributed by atoms with Crippen LogP contribution < -0.4 is 0 Å². The van der Waals surface area contributed by atoms with Crippen LogP contribution in [0.1, 0.15) is 48.5 Å². The largest absolute Gasteiger partial charge is 0.481 e. The minimum absolute atomic E-state index is 0.0173.